The van der Waals surface area contributed by atoms with Crippen molar-refractivity contribution in [3.8, 4) is 0 Å². The highest BCUT2D eigenvalue weighted by Gasteiger charge is 2.21. The molecule has 114 valence electrons. The van der Waals surface area contributed by atoms with Gasteiger partial charge in [-0.2, -0.15) is 0 Å². The Morgan fingerprint density at radius 3 is 2.48 bits per heavy atom. The first-order valence-corrected chi connectivity index (χ1v) is 7.19. The van der Waals surface area contributed by atoms with Crippen LogP contribution in [0.1, 0.15) is 29.6 Å². The van der Waals surface area contributed by atoms with Gasteiger partial charge in [0.1, 0.15) is 6.04 Å². The van der Waals surface area contributed by atoms with Gasteiger partial charge in [0.15, 0.2) is 0 Å². The van der Waals surface area contributed by atoms with Crippen LogP contribution in [0.3, 0.4) is 0 Å². The minimum atomic E-state index is -1.22. The number of benzene rings is 1. The molecule has 0 bridgehead atoms. The van der Waals surface area contributed by atoms with Gasteiger partial charge < -0.3 is 15.5 Å². The van der Waals surface area contributed by atoms with Crippen LogP contribution < -0.4 is 5.32 Å². The number of halogens is 2. The van der Waals surface area contributed by atoms with Crippen LogP contribution >= 0.6 is 27.5 Å². The van der Waals surface area contributed by atoms with Crippen molar-refractivity contribution in [2.24, 2.45) is 0 Å². The van der Waals surface area contributed by atoms with Crippen molar-refractivity contribution in [2.45, 2.75) is 25.3 Å². The first-order chi connectivity index (χ1) is 9.81. The Bertz CT molecular complexity index is 563. The van der Waals surface area contributed by atoms with E-state index >= 15 is 0 Å². The van der Waals surface area contributed by atoms with Gasteiger partial charge in [0.25, 0.3) is 5.91 Å². The largest absolute Gasteiger partial charge is 0.481 e. The van der Waals surface area contributed by atoms with Gasteiger partial charge in [-0.05, 0) is 31.0 Å². The Hall–Kier alpha value is -1.60. The molecule has 0 unspecified atom stereocenters. The molecular formula is C13H13BrClNO5. The zero-order valence-electron chi connectivity index (χ0n) is 10.8. The highest BCUT2D eigenvalue weighted by atomic mass is 79.9. The monoisotopic (exact) mass is 377 g/mol. The van der Waals surface area contributed by atoms with Gasteiger partial charge in [-0.15, -0.1) is 0 Å². The van der Waals surface area contributed by atoms with Crippen molar-refractivity contribution in [3.63, 3.8) is 0 Å². The summed E-state index contributed by atoms with van der Waals surface area (Å²) in [5, 5.41) is 20.1. The van der Waals surface area contributed by atoms with Crippen molar-refractivity contribution < 1.29 is 24.6 Å². The van der Waals surface area contributed by atoms with E-state index in [9.17, 15) is 14.4 Å². The molecule has 0 heterocycles. The number of nitrogens with one attached hydrogen (secondary N) is 1. The molecule has 1 amide bonds. The van der Waals surface area contributed by atoms with Crippen molar-refractivity contribution in [2.75, 3.05) is 0 Å². The van der Waals surface area contributed by atoms with Gasteiger partial charge in [0.05, 0.1) is 10.6 Å². The second-order valence-electron chi connectivity index (χ2n) is 4.27. The highest BCUT2D eigenvalue weighted by molar-refractivity contribution is 9.10. The standard InChI is InChI=1S/C13H13BrClNO5/c14-7-4-5-8(9(15)6-7)12(19)16-10(13(20)21)2-1-3-11(17)18/h4-6,10H,1-3H2,(H,16,19)(H,17,18)(H,20,21)/t10-/m1/s1. The molecule has 0 aliphatic carbocycles. The molecule has 0 saturated carbocycles. The summed E-state index contributed by atoms with van der Waals surface area (Å²) in [6, 6.07) is 3.45. The van der Waals surface area contributed by atoms with Crippen LogP contribution in [0.4, 0.5) is 0 Å². The van der Waals surface area contributed by atoms with E-state index in [2.05, 4.69) is 21.2 Å². The molecule has 0 aliphatic rings. The number of carboxylic acids is 2. The number of aliphatic carboxylic acids is 2. The molecule has 0 spiro atoms. The summed E-state index contributed by atoms with van der Waals surface area (Å²) >= 11 is 9.12. The summed E-state index contributed by atoms with van der Waals surface area (Å²) in [6.07, 6.45) is 0.0286. The summed E-state index contributed by atoms with van der Waals surface area (Å²) < 4.78 is 0.695. The van der Waals surface area contributed by atoms with Gasteiger partial charge >= 0.3 is 11.9 Å². The third kappa shape index (κ3) is 5.73. The number of carboxylic acid groups (broad SMARTS) is 2. The Morgan fingerprint density at radius 1 is 1.29 bits per heavy atom. The van der Waals surface area contributed by atoms with E-state index in [1.165, 1.54) is 12.1 Å². The van der Waals surface area contributed by atoms with Crippen molar-refractivity contribution in [3.05, 3.63) is 33.3 Å². The van der Waals surface area contributed by atoms with Crippen LogP contribution in [-0.2, 0) is 9.59 Å². The molecule has 3 N–H and O–H groups in total. The van der Waals surface area contributed by atoms with Crippen LogP contribution in [0.15, 0.2) is 22.7 Å². The number of amides is 1. The Balaban J connectivity index is 2.72. The topological polar surface area (TPSA) is 104 Å². The van der Waals surface area contributed by atoms with E-state index in [4.69, 9.17) is 21.8 Å². The number of hydrogen-bond donors (Lipinski definition) is 3. The fraction of sp³-hybridized carbons (Fsp3) is 0.308. The van der Waals surface area contributed by atoms with Crippen LogP contribution in [0, 0.1) is 0 Å². The van der Waals surface area contributed by atoms with E-state index in [0.717, 1.165) is 0 Å². The smallest absolute Gasteiger partial charge is 0.326 e. The van der Waals surface area contributed by atoms with Crippen LogP contribution in [0.25, 0.3) is 0 Å². The van der Waals surface area contributed by atoms with Crippen LogP contribution in [-0.4, -0.2) is 34.1 Å². The molecule has 21 heavy (non-hydrogen) atoms. The zero-order chi connectivity index (χ0) is 16.0. The normalized spacial score (nSPS) is 11.7. The summed E-state index contributed by atoms with van der Waals surface area (Å²) in [4.78, 5) is 33.5. The van der Waals surface area contributed by atoms with Gasteiger partial charge in [-0.1, -0.05) is 27.5 Å². The molecule has 0 aliphatic heterocycles. The average Bonchev–Trinajstić information content (AvgIpc) is 2.36. The lowest BCUT2D eigenvalue weighted by atomic mass is 10.1. The van der Waals surface area contributed by atoms with Crippen molar-refractivity contribution in [1.82, 2.24) is 5.32 Å². The second-order valence-corrected chi connectivity index (χ2v) is 5.60. The van der Waals surface area contributed by atoms with Gasteiger partial charge in [0, 0.05) is 10.9 Å². The summed E-state index contributed by atoms with van der Waals surface area (Å²) in [5.41, 5.74) is 0.157. The maximum absolute atomic E-state index is 12.0. The fourth-order valence-electron chi connectivity index (χ4n) is 1.62. The number of carbonyl (C=O) groups is 3. The Kier molecular flexibility index (Phi) is 6.64. The minimum absolute atomic E-state index is 0.0293. The Labute approximate surface area is 134 Å². The molecule has 1 rings (SSSR count). The first-order valence-electron chi connectivity index (χ1n) is 6.01. The lowest BCUT2D eigenvalue weighted by molar-refractivity contribution is -0.140. The fourth-order valence-corrected chi connectivity index (χ4v) is 2.38. The molecule has 0 aromatic heterocycles. The molecular weight excluding hydrogens is 366 g/mol. The maximum atomic E-state index is 12.0. The Morgan fingerprint density at radius 2 is 1.95 bits per heavy atom. The first kappa shape index (κ1) is 17.5. The lowest BCUT2D eigenvalue weighted by Crippen LogP contribution is -2.40. The van der Waals surface area contributed by atoms with E-state index in [1.807, 2.05) is 0 Å². The van der Waals surface area contributed by atoms with Gasteiger partial charge in [-0.3, -0.25) is 9.59 Å². The SMILES string of the molecule is O=C(O)CCC[C@@H](NC(=O)c1ccc(Br)cc1Cl)C(=O)O. The molecule has 0 radical (unpaired) electrons. The molecule has 0 fully saturated rings. The summed E-state index contributed by atoms with van der Waals surface area (Å²) in [7, 11) is 0. The maximum Gasteiger partial charge on any atom is 0.326 e. The molecule has 1 aromatic carbocycles. The van der Waals surface area contributed by atoms with E-state index in [0.29, 0.717) is 4.47 Å². The second kappa shape index (κ2) is 7.99. The third-order valence-corrected chi connectivity index (χ3v) is 3.47. The van der Waals surface area contributed by atoms with Gasteiger partial charge in [-0.25, -0.2) is 4.79 Å². The van der Waals surface area contributed by atoms with E-state index < -0.39 is 23.9 Å². The molecule has 6 nitrogen and oxygen atoms in total. The van der Waals surface area contributed by atoms with E-state index in [-0.39, 0.29) is 29.8 Å². The van der Waals surface area contributed by atoms with Crippen molar-refractivity contribution in [1.29, 1.82) is 0 Å². The minimum Gasteiger partial charge on any atom is -0.481 e. The van der Waals surface area contributed by atoms with Crippen molar-refractivity contribution >= 4 is 45.4 Å². The molecule has 1 atom stereocenters. The number of carbonyl (C=O) groups excluding carboxylic acids is 1. The molecule has 8 heteroatoms. The zero-order valence-corrected chi connectivity index (χ0v) is 13.1. The molecule has 0 saturated heterocycles. The van der Waals surface area contributed by atoms with Crippen LogP contribution in [0.5, 0.6) is 0 Å². The van der Waals surface area contributed by atoms with Gasteiger partial charge in [0.2, 0.25) is 0 Å². The third-order valence-electron chi connectivity index (χ3n) is 2.66. The van der Waals surface area contributed by atoms with E-state index in [1.54, 1.807) is 6.07 Å². The summed E-state index contributed by atoms with van der Waals surface area (Å²) in [5.74, 6) is -2.85. The number of hydrogen-bond acceptors (Lipinski definition) is 3. The predicted octanol–water partition coefficient (Wildman–Crippen LogP) is 2.54. The average molecular weight is 379 g/mol. The number of rotatable bonds is 7. The molecule has 1 aromatic rings. The van der Waals surface area contributed by atoms with Crippen LogP contribution in [0.2, 0.25) is 5.02 Å². The lowest BCUT2D eigenvalue weighted by Gasteiger charge is -2.14. The highest BCUT2D eigenvalue weighted by Crippen LogP contribution is 2.21. The predicted molar refractivity (Wildman–Crippen MR) is 79.5 cm³/mol. The quantitative estimate of drug-likeness (QED) is 0.676. The summed E-state index contributed by atoms with van der Waals surface area (Å²) in [6.45, 7) is 0.